The van der Waals surface area contributed by atoms with Gasteiger partial charge in [-0.2, -0.15) is 0 Å². The Hall–Kier alpha value is -2.10. The van der Waals surface area contributed by atoms with Crippen molar-refractivity contribution in [2.24, 2.45) is 5.14 Å². The molecular formula is C19H20F3NO4S. The van der Waals surface area contributed by atoms with E-state index in [-0.39, 0.29) is 5.56 Å². The zero-order valence-corrected chi connectivity index (χ0v) is 15.6. The molecule has 1 saturated carbocycles. The number of hydrogen-bond donors (Lipinski definition) is 2. The minimum atomic E-state index is -5.09. The Kier molecular flexibility index (Phi) is 5.69. The van der Waals surface area contributed by atoms with Crippen LogP contribution in [-0.4, -0.2) is 26.0 Å². The number of sulfonamides is 1. The highest BCUT2D eigenvalue weighted by atomic mass is 32.2. The lowest BCUT2D eigenvalue weighted by Gasteiger charge is -2.30. The van der Waals surface area contributed by atoms with Gasteiger partial charge in [0.2, 0.25) is 10.0 Å². The van der Waals surface area contributed by atoms with Gasteiger partial charge >= 0.3 is 6.36 Å². The van der Waals surface area contributed by atoms with Crippen LogP contribution < -0.4 is 9.88 Å². The van der Waals surface area contributed by atoms with E-state index in [1.54, 1.807) is 30.3 Å². The van der Waals surface area contributed by atoms with Crippen molar-refractivity contribution in [3.8, 4) is 16.9 Å². The van der Waals surface area contributed by atoms with Crippen LogP contribution in [0.25, 0.3) is 11.1 Å². The molecule has 1 fully saturated rings. The molecular weight excluding hydrogens is 395 g/mol. The van der Waals surface area contributed by atoms with Crippen molar-refractivity contribution >= 4 is 10.0 Å². The SMILES string of the molecule is NS(=O)(=O)c1ccc(-c2ccccc2)c(C2CCC(O)CC2)c1OC(F)(F)F. The lowest BCUT2D eigenvalue weighted by Crippen LogP contribution is -2.24. The molecule has 0 bridgehead atoms. The predicted octanol–water partition coefficient (Wildman–Crippen LogP) is 3.92. The van der Waals surface area contributed by atoms with Crippen molar-refractivity contribution in [2.75, 3.05) is 0 Å². The maximum absolute atomic E-state index is 13.2. The first-order chi connectivity index (χ1) is 13.1. The Labute approximate surface area is 161 Å². The normalized spacial score (nSPS) is 20.8. The molecule has 9 heteroatoms. The summed E-state index contributed by atoms with van der Waals surface area (Å²) in [6.45, 7) is 0. The first kappa shape index (κ1) is 20.6. The van der Waals surface area contributed by atoms with E-state index in [0.717, 1.165) is 6.07 Å². The highest BCUT2D eigenvalue weighted by molar-refractivity contribution is 7.89. The van der Waals surface area contributed by atoms with Gasteiger partial charge in [-0.25, -0.2) is 13.6 Å². The minimum absolute atomic E-state index is 0.155. The van der Waals surface area contributed by atoms with Crippen molar-refractivity contribution in [1.82, 2.24) is 0 Å². The third-order valence-electron chi connectivity index (χ3n) is 4.87. The fraction of sp³-hybridized carbons (Fsp3) is 0.368. The molecule has 0 spiro atoms. The topological polar surface area (TPSA) is 89.6 Å². The summed E-state index contributed by atoms with van der Waals surface area (Å²) in [7, 11) is -4.45. The number of ether oxygens (including phenoxy) is 1. The van der Waals surface area contributed by atoms with Gasteiger partial charge in [0.1, 0.15) is 4.90 Å². The number of primary sulfonamides is 1. The van der Waals surface area contributed by atoms with E-state index >= 15 is 0 Å². The minimum Gasteiger partial charge on any atom is -0.404 e. The van der Waals surface area contributed by atoms with Gasteiger partial charge in [0.25, 0.3) is 0 Å². The van der Waals surface area contributed by atoms with Gasteiger partial charge in [-0.3, -0.25) is 0 Å². The molecule has 2 aromatic carbocycles. The Morgan fingerprint density at radius 2 is 1.61 bits per heavy atom. The van der Waals surface area contributed by atoms with Crippen molar-refractivity contribution < 1.29 is 31.4 Å². The van der Waals surface area contributed by atoms with Crippen LogP contribution >= 0.6 is 0 Å². The van der Waals surface area contributed by atoms with Crippen molar-refractivity contribution in [2.45, 2.75) is 49.0 Å². The molecule has 152 valence electrons. The summed E-state index contributed by atoms with van der Waals surface area (Å²) in [5.74, 6) is -1.18. The molecule has 5 nitrogen and oxygen atoms in total. The van der Waals surface area contributed by atoms with Gasteiger partial charge in [0.15, 0.2) is 5.75 Å². The van der Waals surface area contributed by atoms with Gasteiger partial charge in [0.05, 0.1) is 6.10 Å². The molecule has 0 radical (unpaired) electrons. The molecule has 2 aromatic rings. The van der Waals surface area contributed by atoms with Crippen molar-refractivity contribution in [3.63, 3.8) is 0 Å². The second-order valence-corrected chi connectivity index (χ2v) is 8.35. The second-order valence-electron chi connectivity index (χ2n) is 6.82. The molecule has 0 atom stereocenters. The summed E-state index contributed by atoms with van der Waals surface area (Å²) in [4.78, 5) is -0.703. The average molecular weight is 415 g/mol. The fourth-order valence-corrected chi connectivity index (χ4v) is 4.33. The van der Waals surface area contributed by atoms with Gasteiger partial charge in [0, 0.05) is 5.56 Å². The molecule has 3 rings (SSSR count). The Bertz CT molecular complexity index is 938. The van der Waals surface area contributed by atoms with Gasteiger partial charge in [-0.1, -0.05) is 36.4 Å². The summed E-state index contributed by atoms with van der Waals surface area (Å²) < 4.78 is 67.6. The lowest BCUT2D eigenvalue weighted by atomic mass is 9.79. The zero-order valence-electron chi connectivity index (χ0n) is 14.8. The summed E-state index contributed by atoms with van der Waals surface area (Å²) in [6.07, 6.45) is -3.98. The molecule has 1 aliphatic rings. The van der Waals surface area contributed by atoms with Crippen LogP contribution in [0.2, 0.25) is 0 Å². The number of aliphatic hydroxyl groups excluding tert-OH is 1. The van der Waals surface area contributed by atoms with Crippen LogP contribution in [0.1, 0.15) is 37.2 Å². The maximum atomic E-state index is 13.2. The predicted molar refractivity (Wildman–Crippen MR) is 97.2 cm³/mol. The maximum Gasteiger partial charge on any atom is 0.573 e. The van der Waals surface area contributed by atoms with Crippen LogP contribution in [0.4, 0.5) is 13.2 Å². The molecule has 0 saturated heterocycles. The van der Waals surface area contributed by atoms with Gasteiger partial charge in [-0.15, -0.1) is 13.2 Å². The molecule has 0 aliphatic heterocycles. The number of nitrogens with two attached hydrogens (primary N) is 1. The van der Waals surface area contributed by atoms with E-state index in [9.17, 15) is 26.7 Å². The standard InChI is InChI=1S/C19H20F3NO4S/c20-19(21,22)27-18-16(28(23,25)26)11-10-15(12-4-2-1-3-5-12)17(18)13-6-8-14(24)9-7-13/h1-5,10-11,13-14,24H,6-9H2,(H2,23,25,26). The third kappa shape index (κ3) is 4.65. The first-order valence-electron chi connectivity index (χ1n) is 8.75. The quantitative estimate of drug-likeness (QED) is 0.792. The zero-order chi connectivity index (χ0) is 20.5. The third-order valence-corrected chi connectivity index (χ3v) is 5.81. The molecule has 1 aliphatic carbocycles. The molecule has 28 heavy (non-hydrogen) atoms. The van der Waals surface area contributed by atoms with E-state index in [1.807, 2.05) is 0 Å². The molecule has 3 N–H and O–H groups in total. The number of aliphatic hydroxyl groups is 1. The van der Waals surface area contributed by atoms with Crippen LogP contribution in [0.5, 0.6) is 5.75 Å². The van der Waals surface area contributed by atoms with Crippen molar-refractivity contribution in [1.29, 1.82) is 0 Å². The summed E-state index contributed by atoms with van der Waals surface area (Å²) in [5.41, 5.74) is 1.24. The molecule has 0 aromatic heterocycles. The Morgan fingerprint density at radius 1 is 1.00 bits per heavy atom. The van der Waals surface area contributed by atoms with Crippen LogP contribution in [0.3, 0.4) is 0 Å². The largest absolute Gasteiger partial charge is 0.573 e. The highest BCUT2D eigenvalue weighted by Crippen LogP contribution is 2.46. The Morgan fingerprint density at radius 3 is 2.14 bits per heavy atom. The fourth-order valence-electron chi connectivity index (χ4n) is 3.66. The average Bonchev–Trinajstić information content (AvgIpc) is 2.61. The van der Waals surface area contributed by atoms with Gasteiger partial charge in [-0.05, 0) is 48.8 Å². The number of alkyl halides is 3. The monoisotopic (exact) mass is 415 g/mol. The summed E-state index contributed by atoms with van der Waals surface area (Å²) in [5, 5.41) is 14.9. The number of halogens is 3. The highest BCUT2D eigenvalue weighted by Gasteiger charge is 2.38. The summed E-state index contributed by atoms with van der Waals surface area (Å²) >= 11 is 0. The first-order valence-corrected chi connectivity index (χ1v) is 10.3. The smallest absolute Gasteiger partial charge is 0.404 e. The second kappa shape index (κ2) is 7.73. The number of hydrogen-bond acceptors (Lipinski definition) is 4. The number of benzene rings is 2. The van der Waals surface area contributed by atoms with E-state index in [1.165, 1.54) is 6.07 Å². The number of rotatable bonds is 4. The van der Waals surface area contributed by atoms with Gasteiger partial charge < -0.3 is 9.84 Å². The van der Waals surface area contributed by atoms with E-state index in [2.05, 4.69) is 4.74 Å². The molecule has 0 unspecified atom stereocenters. The van der Waals surface area contributed by atoms with E-state index in [0.29, 0.717) is 36.8 Å². The van der Waals surface area contributed by atoms with Crippen LogP contribution in [0.15, 0.2) is 47.4 Å². The van der Waals surface area contributed by atoms with E-state index in [4.69, 9.17) is 5.14 Å². The molecule has 0 heterocycles. The van der Waals surface area contributed by atoms with E-state index < -0.39 is 39.1 Å². The Balaban J connectivity index is 2.28. The molecule has 0 amide bonds. The summed E-state index contributed by atoms with van der Waals surface area (Å²) in [6, 6.07) is 11.2. The van der Waals surface area contributed by atoms with Crippen LogP contribution in [-0.2, 0) is 10.0 Å². The lowest BCUT2D eigenvalue weighted by molar-refractivity contribution is -0.275. The van der Waals surface area contributed by atoms with Crippen molar-refractivity contribution in [3.05, 3.63) is 48.0 Å². The van der Waals surface area contributed by atoms with Crippen LogP contribution in [0, 0.1) is 0 Å².